The third kappa shape index (κ3) is 5.76. The Kier molecular flexibility index (Phi) is 7.83. The van der Waals surface area contributed by atoms with E-state index >= 15 is 0 Å². The van der Waals surface area contributed by atoms with Crippen molar-refractivity contribution < 1.29 is 22.3 Å². The van der Waals surface area contributed by atoms with E-state index in [4.69, 9.17) is 9.72 Å². The van der Waals surface area contributed by atoms with Crippen molar-refractivity contribution in [3.63, 3.8) is 0 Å². The summed E-state index contributed by atoms with van der Waals surface area (Å²) in [4.78, 5) is 18.9. The molecule has 8 nitrogen and oxygen atoms in total. The van der Waals surface area contributed by atoms with Gasteiger partial charge in [-0.05, 0) is 49.7 Å². The van der Waals surface area contributed by atoms with Gasteiger partial charge in [0.1, 0.15) is 11.6 Å². The quantitative estimate of drug-likeness (QED) is 0.418. The van der Waals surface area contributed by atoms with Gasteiger partial charge in [0.2, 0.25) is 10.0 Å². The maximum Gasteiger partial charge on any atom is 0.320 e. The van der Waals surface area contributed by atoms with Crippen LogP contribution in [0.25, 0.3) is 11.0 Å². The van der Waals surface area contributed by atoms with Crippen LogP contribution in [-0.2, 0) is 39.2 Å². The molecule has 0 aliphatic carbocycles. The first kappa shape index (κ1) is 24.8. The van der Waals surface area contributed by atoms with E-state index in [-0.39, 0.29) is 29.8 Å². The summed E-state index contributed by atoms with van der Waals surface area (Å²) in [6, 6.07) is 11.0. The largest absolute Gasteiger partial charge is 0.465 e. The number of nitrogens with zero attached hydrogens (tertiary/aromatic N) is 4. The first-order valence-electron chi connectivity index (χ1n) is 10.7. The number of hydrogen-bond donors (Lipinski definition) is 0. The number of benzene rings is 2. The van der Waals surface area contributed by atoms with Gasteiger partial charge < -0.3 is 9.30 Å². The molecular weight excluding hydrogens is 447 g/mol. The fourth-order valence-corrected chi connectivity index (χ4v) is 4.53. The summed E-state index contributed by atoms with van der Waals surface area (Å²) in [5, 5.41) is 0. The predicted molar refractivity (Wildman–Crippen MR) is 123 cm³/mol. The fraction of sp³-hybridized carbons (Fsp3) is 0.391. The van der Waals surface area contributed by atoms with Crippen LogP contribution in [0, 0.1) is 5.82 Å². The number of aromatic nitrogens is 2. The number of ether oxygens (including phenoxy) is 1. The topological polar surface area (TPSA) is 84.7 Å². The van der Waals surface area contributed by atoms with Gasteiger partial charge in [0, 0.05) is 27.2 Å². The van der Waals surface area contributed by atoms with E-state index in [0.29, 0.717) is 31.0 Å². The van der Waals surface area contributed by atoms with Gasteiger partial charge in [-0.3, -0.25) is 9.69 Å². The maximum atomic E-state index is 13.3. The van der Waals surface area contributed by atoms with Crippen molar-refractivity contribution in [1.82, 2.24) is 18.8 Å². The van der Waals surface area contributed by atoms with E-state index in [0.717, 1.165) is 15.4 Å². The van der Waals surface area contributed by atoms with Crippen molar-refractivity contribution >= 4 is 27.0 Å². The summed E-state index contributed by atoms with van der Waals surface area (Å²) < 4.78 is 46.6. The molecule has 3 aromatic rings. The lowest BCUT2D eigenvalue weighted by molar-refractivity contribution is -0.144. The molecule has 0 bridgehead atoms. The zero-order valence-electron chi connectivity index (χ0n) is 19.3. The minimum Gasteiger partial charge on any atom is -0.465 e. The normalized spacial score (nSPS) is 12.1. The van der Waals surface area contributed by atoms with E-state index in [1.807, 2.05) is 16.4 Å². The molecule has 3 rings (SSSR count). The lowest BCUT2D eigenvalue weighted by Gasteiger charge is -2.21. The van der Waals surface area contributed by atoms with E-state index in [1.165, 1.54) is 26.2 Å². The lowest BCUT2D eigenvalue weighted by Crippen LogP contribution is -2.31. The minimum absolute atomic E-state index is 0.0401. The number of aryl methyl sites for hydroxylation is 1. The van der Waals surface area contributed by atoms with Gasteiger partial charge in [0.05, 0.1) is 35.6 Å². The third-order valence-corrected chi connectivity index (χ3v) is 7.05. The van der Waals surface area contributed by atoms with Crippen LogP contribution in [0.1, 0.15) is 25.2 Å². The van der Waals surface area contributed by atoms with Crippen molar-refractivity contribution in [2.45, 2.75) is 38.4 Å². The number of esters is 1. The molecule has 178 valence electrons. The fourth-order valence-electron chi connectivity index (χ4n) is 3.61. The average molecular weight is 477 g/mol. The molecule has 0 saturated carbocycles. The van der Waals surface area contributed by atoms with Gasteiger partial charge in [-0.2, -0.15) is 0 Å². The Bertz CT molecular complexity index is 1220. The Hall–Kier alpha value is -2.82. The summed E-state index contributed by atoms with van der Waals surface area (Å²) in [6.45, 7) is 5.39. The molecule has 2 aromatic carbocycles. The number of imidazole rings is 1. The summed E-state index contributed by atoms with van der Waals surface area (Å²) >= 11 is 0. The van der Waals surface area contributed by atoms with Crippen LogP contribution in [0.4, 0.5) is 4.39 Å². The summed E-state index contributed by atoms with van der Waals surface area (Å²) in [5.74, 6) is 0.00314. The first-order chi connectivity index (χ1) is 15.6. The number of hydrogen-bond acceptors (Lipinski definition) is 6. The van der Waals surface area contributed by atoms with Crippen molar-refractivity contribution in [3.8, 4) is 0 Å². The number of rotatable bonds is 10. The van der Waals surface area contributed by atoms with Crippen molar-refractivity contribution in [2.75, 3.05) is 27.2 Å². The Balaban J connectivity index is 1.96. The second-order valence-corrected chi connectivity index (χ2v) is 9.94. The van der Waals surface area contributed by atoms with Gasteiger partial charge in [0.25, 0.3) is 0 Å². The molecule has 0 aliphatic rings. The molecule has 0 spiro atoms. The highest BCUT2D eigenvalue weighted by atomic mass is 32.2. The summed E-state index contributed by atoms with van der Waals surface area (Å²) in [6.07, 6.45) is 0. The predicted octanol–water partition coefficient (Wildman–Crippen LogP) is 3.01. The molecule has 0 aliphatic heterocycles. The zero-order chi connectivity index (χ0) is 24.2. The van der Waals surface area contributed by atoms with Crippen LogP contribution < -0.4 is 0 Å². The van der Waals surface area contributed by atoms with Gasteiger partial charge in [-0.1, -0.05) is 12.1 Å². The number of carbonyl (C=O) groups excluding carboxylic acids is 1. The molecule has 0 radical (unpaired) electrons. The van der Waals surface area contributed by atoms with E-state index in [1.54, 1.807) is 37.3 Å². The smallest absolute Gasteiger partial charge is 0.320 e. The molecule has 1 heterocycles. The highest BCUT2D eigenvalue weighted by molar-refractivity contribution is 7.89. The lowest BCUT2D eigenvalue weighted by atomic mass is 10.2. The Morgan fingerprint density at radius 1 is 1.09 bits per heavy atom. The van der Waals surface area contributed by atoms with Crippen molar-refractivity contribution in [3.05, 3.63) is 59.7 Å². The molecule has 0 saturated heterocycles. The van der Waals surface area contributed by atoms with Crippen LogP contribution in [-0.4, -0.2) is 60.4 Å². The summed E-state index contributed by atoms with van der Waals surface area (Å²) in [5.41, 5.74) is 2.22. The van der Waals surface area contributed by atoms with E-state index in [2.05, 4.69) is 0 Å². The van der Waals surface area contributed by atoms with Crippen LogP contribution >= 0.6 is 0 Å². The number of sulfonamides is 1. The van der Waals surface area contributed by atoms with Gasteiger partial charge in [-0.25, -0.2) is 22.1 Å². The molecular formula is C23H29FN4O4S. The average Bonchev–Trinajstić information content (AvgIpc) is 3.11. The van der Waals surface area contributed by atoms with Crippen LogP contribution in [0.5, 0.6) is 0 Å². The molecule has 0 unspecified atom stereocenters. The van der Waals surface area contributed by atoms with Crippen molar-refractivity contribution in [1.29, 1.82) is 0 Å². The molecule has 33 heavy (non-hydrogen) atoms. The van der Waals surface area contributed by atoms with Crippen molar-refractivity contribution in [2.24, 2.45) is 0 Å². The molecule has 0 atom stereocenters. The minimum atomic E-state index is -3.59. The highest BCUT2D eigenvalue weighted by Crippen LogP contribution is 2.23. The highest BCUT2D eigenvalue weighted by Gasteiger charge is 2.21. The van der Waals surface area contributed by atoms with Gasteiger partial charge in [0.15, 0.2) is 0 Å². The Morgan fingerprint density at radius 3 is 2.39 bits per heavy atom. The number of carbonyl (C=O) groups is 1. The van der Waals surface area contributed by atoms with E-state index < -0.39 is 10.0 Å². The Morgan fingerprint density at radius 2 is 1.79 bits per heavy atom. The van der Waals surface area contributed by atoms with Crippen LogP contribution in [0.3, 0.4) is 0 Å². The molecule has 0 amide bonds. The molecule has 10 heteroatoms. The number of fused-ring (bicyclic) bond motifs is 1. The third-order valence-electron chi connectivity index (χ3n) is 5.24. The second kappa shape index (κ2) is 10.4. The Labute approximate surface area is 193 Å². The standard InChI is InChI=1S/C23H29FN4O4S/c1-5-28-21-12-11-19(33(30,31)26(3)4)13-20(21)25-22(28)15-27(16-23(29)32-6-2)14-17-7-9-18(24)10-8-17/h7-13H,5-6,14-16H2,1-4H3. The summed E-state index contributed by atoms with van der Waals surface area (Å²) in [7, 11) is -0.617. The molecule has 0 N–H and O–H groups in total. The van der Waals surface area contributed by atoms with Crippen LogP contribution in [0.2, 0.25) is 0 Å². The molecule has 0 fully saturated rings. The monoisotopic (exact) mass is 476 g/mol. The molecule has 1 aromatic heterocycles. The zero-order valence-corrected chi connectivity index (χ0v) is 20.1. The van der Waals surface area contributed by atoms with E-state index in [9.17, 15) is 17.6 Å². The van der Waals surface area contributed by atoms with Gasteiger partial charge in [-0.15, -0.1) is 0 Å². The van der Waals surface area contributed by atoms with Gasteiger partial charge >= 0.3 is 5.97 Å². The number of halogens is 1. The maximum absolute atomic E-state index is 13.3. The van der Waals surface area contributed by atoms with Crippen LogP contribution in [0.15, 0.2) is 47.4 Å². The first-order valence-corrected chi connectivity index (χ1v) is 12.1. The second-order valence-electron chi connectivity index (χ2n) is 7.79. The SMILES string of the molecule is CCOC(=O)CN(Cc1ccc(F)cc1)Cc1nc2cc(S(=O)(=O)N(C)C)ccc2n1CC.